The average Bonchev–Trinajstić information content (AvgIpc) is 2.44. The van der Waals surface area contributed by atoms with Gasteiger partial charge in [-0.1, -0.05) is 0 Å². The molecule has 0 spiro atoms. The maximum atomic E-state index is 5.45. The fraction of sp³-hybridized carbons (Fsp3) is 0.571. The first kappa shape index (κ1) is 5.24. The number of epoxide rings is 1. The molecular weight excluding hydrogens is 114 g/mol. The summed E-state index contributed by atoms with van der Waals surface area (Å²) >= 11 is 0. The summed E-state index contributed by atoms with van der Waals surface area (Å²) in [5, 5.41) is 0. The molecule has 1 fully saturated rings. The van der Waals surface area contributed by atoms with Crippen LogP contribution in [0.4, 0.5) is 0 Å². The molecule has 2 unspecified atom stereocenters. The molecule has 0 aromatic rings. The molecule has 2 aliphatic rings. The van der Waals surface area contributed by atoms with Crippen molar-refractivity contribution in [2.75, 3.05) is 0 Å². The first-order chi connectivity index (χ1) is 4.38. The average molecular weight is 123 g/mol. The van der Waals surface area contributed by atoms with Crippen LogP contribution in [0, 0.1) is 0 Å². The molecule has 0 aromatic carbocycles. The maximum Gasteiger partial charge on any atom is 0.137 e. The molecule has 2 nitrogen and oxygen atoms in total. The van der Waals surface area contributed by atoms with Crippen LogP contribution in [0.15, 0.2) is 17.4 Å². The lowest BCUT2D eigenvalue weighted by Crippen LogP contribution is -2.06. The van der Waals surface area contributed by atoms with Gasteiger partial charge in [0.2, 0.25) is 0 Å². The summed E-state index contributed by atoms with van der Waals surface area (Å²) in [7, 11) is 0. The molecule has 2 N–H and O–H groups in total. The zero-order valence-corrected chi connectivity index (χ0v) is 5.13. The molecule has 2 heteroatoms. The van der Waals surface area contributed by atoms with Gasteiger partial charge < -0.3 is 10.5 Å². The maximum absolute atomic E-state index is 5.45. The summed E-state index contributed by atoms with van der Waals surface area (Å²) in [6, 6.07) is 0. The minimum atomic E-state index is -0.0287. The van der Waals surface area contributed by atoms with E-state index < -0.39 is 0 Å². The minimum Gasteiger partial charge on any atom is -0.348 e. The summed E-state index contributed by atoms with van der Waals surface area (Å²) < 4.78 is 5.06. The quantitative estimate of drug-likeness (QED) is 0.408. The van der Waals surface area contributed by atoms with E-state index in [0.717, 1.165) is 12.8 Å². The number of hydrogen-bond donors (Lipinski definition) is 1. The smallest absolute Gasteiger partial charge is 0.137 e. The van der Waals surface area contributed by atoms with Crippen LogP contribution < -0.4 is 5.73 Å². The second-order valence-corrected chi connectivity index (χ2v) is 2.43. The van der Waals surface area contributed by atoms with E-state index in [9.17, 15) is 0 Å². The van der Waals surface area contributed by atoms with E-state index in [-0.39, 0.29) is 12.3 Å². The minimum absolute atomic E-state index is 0.0287. The monoisotopic (exact) mass is 123 g/mol. The normalized spacial score (nSPS) is 39.0. The van der Waals surface area contributed by atoms with Crippen molar-refractivity contribution in [3.63, 3.8) is 0 Å². The molecule has 1 aliphatic heterocycles. The molecule has 2 rings (SSSR count). The number of ether oxygens (including phenoxy) is 1. The van der Waals surface area contributed by atoms with E-state index in [1.54, 1.807) is 0 Å². The van der Waals surface area contributed by atoms with E-state index in [1.165, 1.54) is 5.57 Å². The second kappa shape index (κ2) is 1.71. The lowest BCUT2D eigenvalue weighted by Gasteiger charge is -1.88. The van der Waals surface area contributed by atoms with Crippen LogP contribution in [-0.4, -0.2) is 12.3 Å². The first-order valence-corrected chi connectivity index (χ1v) is 3.23. The van der Waals surface area contributed by atoms with Crippen LogP contribution in [0.25, 0.3) is 0 Å². The molecule has 1 heterocycles. The third kappa shape index (κ3) is 0.815. The summed E-state index contributed by atoms with van der Waals surface area (Å²) in [6.07, 6.45) is 4.44. The highest BCUT2D eigenvalue weighted by Crippen LogP contribution is 2.29. The predicted molar refractivity (Wildman–Crippen MR) is 33.7 cm³/mol. The van der Waals surface area contributed by atoms with Gasteiger partial charge >= 0.3 is 0 Å². The SMILES string of the molecule is NC1OC1C1=C=CCC1. The van der Waals surface area contributed by atoms with Crippen molar-refractivity contribution >= 4 is 0 Å². The van der Waals surface area contributed by atoms with Gasteiger partial charge in [-0.15, -0.1) is 5.73 Å². The van der Waals surface area contributed by atoms with Crippen LogP contribution in [0.1, 0.15) is 12.8 Å². The van der Waals surface area contributed by atoms with E-state index in [2.05, 4.69) is 5.73 Å². The molecule has 0 bridgehead atoms. The topological polar surface area (TPSA) is 38.5 Å². The third-order valence-corrected chi connectivity index (χ3v) is 1.71. The summed E-state index contributed by atoms with van der Waals surface area (Å²) in [6.45, 7) is 0. The first-order valence-electron chi connectivity index (χ1n) is 3.23. The van der Waals surface area contributed by atoms with Crippen molar-refractivity contribution in [1.29, 1.82) is 0 Å². The summed E-state index contributed by atoms with van der Waals surface area (Å²) in [4.78, 5) is 0. The van der Waals surface area contributed by atoms with Crippen molar-refractivity contribution < 1.29 is 4.74 Å². The molecule has 1 saturated heterocycles. The van der Waals surface area contributed by atoms with Gasteiger partial charge in [0.25, 0.3) is 0 Å². The second-order valence-electron chi connectivity index (χ2n) is 2.43. The van der Waals surface area contributed by atoms with E-state index in [0.29, 0.717) is 0 Å². The highest BCUT2D eigenvalue weighted by molar-refractivity contribution is 5.19. The zero-order chi connectivity index (χ0) is 6.27. The molecule has 1 aliphatic carbocycles. The number of hydrogen-bond acceptors (Lipinski definition) is 2. The molecule has 2 atom stereocenters. The Morgan fingerprint density at radius 3 is 3.00 bits per heavy atom. The van der Waals surface area contributed by atoms with Gasteiger partial charge in [0.15, 0.2) is 0 Å². The van der Waals surface area contributed by atoms with Crippen molar-refractivity contribution in [1.82, 2.24) is 0 Å². The Morgan fingerprint density at radius 1 is 1.78 bits per heavy atom. The lowest BCUT2D eigenvalue weighted by molar-refractivity contribution is 0.387. The van der Waals surface area contributed by atoms with Crippen molar-refractivity contribution in [3.05, 3.63) is 17.4 Å². The molecule has 0 amide bonds. The highest BCUT2D eigenvalue weighted by atomic mass is 16.6. The van der Waals surface area contributed by atoms with Crippen LogP contribution >= 0.6 is 0 Å². The van der Waals surface area contributed by atoms with Gasteiger partial charge in [-0.05, 0) is 18.9 Å². The Kier molecular flexibility index (Phi) is 0.995. The Hall–Kier alpha value is -0.560. The van der Waals surface area contributed by atoms with Gasteiger partial charge in [-0.3, -0.25) is 0 Å². The van der Waals surface area contributed by atoms with Crippen LogP contribution in [0.5, 0.6) is 0 Å². The van der Waals surface area contributed by atoms with E-state index in [4.69, 9.17) is 10.5 Å². The van der Waals surface area contributed by atoms with Gasteiger partial charge in [0, 0.05) is 5.57 Å². The Labute approximate surface area is 54.0 Å². The van der Waals surface area contributed by atoms with Crippen molar-refractivity contribution in [2.45, 2.75) is 25.2 Å². The Balaban J connectivity index is 2.08. The fourth-order valence-corrected chi connectivity index (χ4v) is 1.13. The molecule has 9 heavy (non-hydrogen) atoms. The Morgan fingerprint density at radius 2 is 2.56 bits per heavy atom. The number of nitrogens with two attached hydrogens (primary N) is 1. The fourth-order valence-electron chi connectivity index (χ4n) is 1.13. The Bertz CT molecular complexity index is 191. The van der Waals surface area contributed by atoms with Gasteiger partial charge in [0.1, 0.15) is 12.3 Å². The molecule has 0 saturated carbocycles. The van der Waals surface area contributed by atoms with Crippen LogP contribution in [-0.2, 0) is 4.74 Å². The molecule has 48 valence electrons. The van der Waals surface area contributed by atoms with Crippen molar-refractivity contribution in [2.24, 2.45) is 5.73 Å². The zero-order valence-electron chi connectivity index (χ0n) is 5.13. The largest absolute Gasteiger partial charge is 0.348 e. The number of rotatable bonds is 1. The summed E-state index contributed by atoms with van der Waals surface area (Å²) in [5.41, 5.74) is 9.84. The van der Waals surface area contributed by atoms with Gasteiger partial charge in [-0.25, -0.2) is 0 Å². The predicted octanol–water partition coefficient (Wildman–Crippen LogP) is 0.545. The standard InChI is InChI=1S/C7H9NO/c8-7-6(9-7)5-3-1-2-4-5/h1,6-7H,2,4,8H2. The lowest BCUT2D eigenvalue weighted by atomic mass is 10.1. The summed E-state index contributed by atoms with van der Waals surface area (Å²) in [5.74, 6) is 0. The molecule has 0 radical (unpaired) electrons. The van der Waals surface area contributed by atoms with Crippen LogP contribution in [0.2, 0.25) is 0 Å². The third-order valence-electron chi connectivity index (χ3n) is 1.71. The molecular formula is C7H9NO. The van der Waals surface area contributed by atoms with Gasteiger partial charge in [-0.2, -0.15) is 0 Å². The van der Waals surface area contributed by atoms with E-state index >= 15 is 0 Å². The van der Waals surface area contributed by atoms with Gasteiger partial charge in [0.05, 0.1) is 0 Å². The molecule has 0 aromatic heterocycles. The van der Waals surface area contributed by atoms with E-state index in [1.807, 2.05) is 6.08 Å². The highest BCUT2D eigenvalue weighted by Gasteiger charge is 2.38. The van der Waals surface area contributed by atoms with Crippen molar-refractivity contribution in [3.8, 4) is 0 Å². The van der Waals surface area contributed by atoms with Crippen LogP contribution in [0.3, 0.4) is 0 Å².